The zero-order valence-electron chi connectivity index (χ0n) is 15.7. The number of nitrogens with zero attached hydrogens (tertiary/aromatic N) is 2. The lowest BCUT2D eigenvalue weighted by Crippen LogP contribution is -2.36. The Labute approximate surface area is 163 Å². The molecule has 138 valence electrons. The Hall–Kier alpha value is -2.66. The van der Waals surface area contributed by atoms with Crippen molar-refractivity contribution < 1.29 is 4.79 Å². The van der Waals surface area contributed by atoms with Crippen LogP contribution in [0.5, 0.6) is 0 Å². The first-order valence-electron chi connectivity index (χ1n) is 9.25. The predicted molar refractivity (Wildman–Crippen MR) is 113 cm³/mol. The molecule has 2 heterocycles. The molecule has 0 saturated carbocycles. The number of carbonyl (C=O) groups excluding carboxylic acids is 1. The van der Waals surface area contributed by atoms with E-state index >= 15 is 0 Å². The van der Waals surface area contributed by atoms with E-state index in [1.165, 1.54) is 33.7 Å². The van der Waals surface area contributed by atoms with Crippen LogP contribution in [0.3, 0.4) is 0 Å². The summed E-state index contributed by atoms with van der Waals surface area (Å²) in [5.41, 5.74) is 6.98. The van der Waals surface area contributed by atoms with Gasteiger partial charge < -0.3 is 10.2 Å². The van der Waals surface area contributed by atoms with Crippen LogP contribution in [0.4, 0.5) is 10.8 Å². The first-order chi connectivity index (χ1) is 13.1. The molecule has 4 rings (SSSR count). The van der Waals surface area contributed by atoms with Gasteiger partial charge in [-0.2, -0.15) is 0 Å². The van der Waals surface area contributed by atoms with E-state index in [0.29, 0.717) is 11.7 Å². The van der Waals surface area contributed by atoms with Gasteiger partial charge in [0, 0.05) is 23.2 Å². The average Bonchev–Trinajstić information content (AvgIpc) is 3.10. The van der Waals surface area contributed by atoms with Crippen LogP contribution in [-0.2, 0) is 11.2 Å². The van der Waals surface area contributed by atoms with Crippen molar-refractivity contribution in [3.05, 3.63) is 64.5 Å². The number of amides is 1. The third kappa shape index (κ3) is 4.03. The highest BCUT2D eigenvalue weighted by Crippen LogP contribution is 2.28. The first-order valence-corrected chi connectivity index (χ1v) is 10.1. The number of hydrogen-bond donors (Lipinski definition) is 1. The molecule has 1 aliphatic heterocycles. The number of hydrogen-bond acceptors (Lipinski definition) is 4. The predicted octanol–water partition coefficient (Wildman–Crippen LogP) is 4.82. The molecule has 27 heavy (non-hydrogen) atoms. The Morgan fingerprint density at radius 1 is 1.15 bits per heavy atom. The number of carbonyl (C=O) groups is 1. The van der Waals surface area contributed by atoms with Crippen LogP contribution in [-0.4, -0.2) is 24.0 Å². The van der Waals surface area contributed by atoms with Crippen molar-refractivity contribution in [2.75, 3.05) is 23.3 Å². The molecule has 0 saturated heterocycles. The number of aromatic nitrogens is 1. The Morgan fingerprint density at radius 2 is 1.93 bits per heavy atom. The molecule has 0 bridgehead atoms. The number of aryl methyl sites for hydroxylation is 3. The van der Waals surface area contributed by atoms with E-state index in [1.807, 2.05) is 5.38 Å². The number of benzene rings is 2. The molecule has 0 fully saturated rings. The van der Waals surface area contributed by atoms with Gasteiger partial charge in [-0.3, -0.25) is 4.79 Å². The van der Waals surface area contributed by atoms with Gasteiger partial charge in [-0.25, -0.2) is 4.98 Å². The van der Waals surface area contributed by atoms with E-state index in [-0.39, 0.29) is 5.91 Å². The summed E-state index contributed by atoms with van der Waals surface area (Å²) in [6, 6.07) is 14.7. The van der Waals surface area contributed by atoms with Crippen molar-refractivity contribution in [2.45, 2.75) is 26.7 Å². The summed E-state index contributed by atoms with van der Waals surface area (Å²) in [5, 5.41) is 5.59. The number of fused-ring (bicyclic) bond motifs is 1. The molecule has 0 spiro atoms. The van der Waals surface area contributed by atoms with Crippen molar-refractivity contribution in [3.63, 3.8) is 0 Å². The van der Waals surface area contributed by atoms with Crippen LogP contribution in [0.25, 0.3) is 11.3 Å². The molecule has 1 N–H and O–H groups in total. The normalized spacial score (nSPS) is 13.3. The minimum atomic E-state index is -0.0202. The fourth-order valence-corrected chi connectivity index (χ4v) is 4.22. The molecular formula is C22H23N3OS. The SMILES string of the molecule is Cc1ccc(-c2csc(NC(=O)CN3CCCc4cc(C)ccc43)n2)cc1. The maximum atomic E-state index is 12.6. The van der Waals surface area contributed by atoms with Gasteiger partial charge in [-0.05, 0) is 38.3 Å². The van der Waals surface area contributed by atoms with Crippen molar-refractivity contribution in [1.29, 1.82) is 0 Å². The van der Waals surface area contributed by atoms with E-state index in [4.69, 9.17) is 0 Å². The molecule has 0 aliphatic carbocycles. The minimum absolute atomic E-state index is 0.0202. The molecule has 0 unspecified atom stereocenters. The Bertz CT molecular complexity index is 962. The van der Waals surface area contributed by atoms with Crippen LogP contribution >= 0.6 is 11.3 Å². The van der Waals surface area contributed by atoms with Gasteiger partial charge in [0.2, 0.25) is 5.91 Å². The van der Waals surface area contributed by atoms with Gasteiger partial charge in [-0.15, -0.1) is 11.3 Å². The summed E-state index contributed by atoms with van der Waals surface area (Å²) in [6.45, 7) is 5.45. The number of nitrogens with one attached hydrogen (secondary N) is 1. The fraction of sp³-hybridized carbons (Fsp3) is 0.273. The lowest BCUT2D eigenvalue weighted by Gasteiger charge is -2.30. The van der Waals surface area contributed by atoms with Gasteiger partial charge in [0.15, 0.2) is 5.13 Å². The van der Waals surface area contributed by atoms with Gasteiger partial charge in [0.1, 0.15) is 0 Å². The van der Waals surface area contributed by atoms with Crippen molar-refractivity contribution in [3.8, 4) is 11.3 Å². The Morgan fingerprint density at radius 3 is 2.74 bits per heavy atom. The Kier molecular flexibility index (Phi) is 4.94. The van der Waals surface area contributed by atoms with Crippen LogP contribution in [0.2, 0.25) is 0 Å². The Balaban J connectivity index is 1.43. The molecule has 0 atom stereocenters. The smallest absolute Gasteiger partial charge is 0.245 e. The third-order valence-corrected chi connectivity index (χ3v) is 5.64. The van der Waals surface area contributed by atoms with E-state index in [2.05, 4.69) is 71.5 Å². The van der Waals surface area contributed by atoms with Gasteiger partial charge in [-0.1, -0.05) is 47.5 Å². The average molecular weight is 378 g/mol. The highest BCUT2D eigenvalue weighted by Gasteiger charge is 2.19. The molecule has 1 aliphatic rings. The molecule has 3 aromatic rings. The van der Waals surface area contributed by atoms with Crippen molar-refractivity contribution in [2.24, 2.45) is 0 Å². The lowest BCUT2D eigenvalue weighted by atomic mass is 9.99. The second-order valence-electron chi connectivity index (χ2n) is 7.11. The summed E-state index contributed by atoms with van der Waals surface area (Å²) in [6.07, 6.45) is 2.17. The molecule has 1 amide bonds. The molecule has 4 nitrogen and oxygen atoms in total. The number of thiazole rings is 1. The van der Waals surface area contributed by atoms with E-state index in [1.54, 1.807) is 0 Å². The summed E-state index contributed by atoms with van der Waals surface area (Å²) < 4.78 is 0. The molecule has 1 aromatic heterocycles. The maximum Gasteiger partial charge on any atom is 0.245 e. The first kappa shape index (κ1) is 17.7. The summed E-state index contributed by atoms with van der Waals surface area (Å²) >= 11 is 1.46. The quantitative estimate of drug-likeness (QED) is 0.709. The van der Waals surface area contributed by atoms with E-state index in [0.717, 1.165) is 30.6 Å². The fourth-order valence-electron chi connectivity index (χ4n) is 3.49. The van der Waals surface area contributed by atoms with Gasteiger partial charge in [0.25, 0.3) is 0 Å². The highest BCUT2D eigenvalue weighted by atomic mass is 32.1. The summed E-state index contributed by atoms with van der Waals surface area (Å²) in [7, 11) is 0. The number of anilines is 2. The van der Waals surface area contributed by atoms with E-state index in [9.17, 15) is 4.79 Å². The highest BCUT2D eigenvalue weighted by molar-refractivity contribution is 7.14. The molecule has 5 heteroatoms. The standard InChI is InChI=1S/C22H23N3OS/c1-15-5-8-17(9-6-15)19-14-27-22(23-19)24-21(26)13-25-11-3-4-18-12-16(2)7-10-20(18)25/h5-10,12,14H,3-4,11,13H2,1-2H3,(H,23,24,26). The summed E-state index contributed by atoms with van der Waals surface area (Å²) in [4.78, 5) is 19.3. The molecule has 0 radical (unpaired) electrons. The van der Waals surface area contributed by atoms with Crippen LogP contribution in [0.15, 0.2) is 47.8 Å². The second kappa shape index (κ2) is 7.53. The van der Waals surface area contributed by atoms with Crippen molar-refractivity contribution in [1.82, 2.24) is 4.98 Å². The van der Waals surface area contributed by atoms with Crippen LogP contribution in [0.1, 0.15) is 23.1 Å². The molecule has 2 aromatic carbocycles. The van der Waals surface area contributed by atoms with Gasteiger partial charge >= 0.3 is 0 Å². The second-order valence-corrected chi connectivity index (χ2v) is 7.97. The third-order valence-electron chi connectivity index (χ3n) is 4.88. The maximum absolute atomic E-state index is 12.6. The number of rotatable bonds is 4. The molecular weight excluding hydrogens is 354 g/mol. The monoisotopic (exact) mass is 377 g/mol. The zero-order valence-corrected chi connectivity index (χ0v) is 16.5. The van der Waals surface area contributed by atoms with Crippen molar-refractivity contribution >= 4 is 28.1 Å². The summed E-state index contributed by atoms with van der Waals surface area (Å²) in [5.74, 6) is -0.0202. The largest absolute Gasteiger partial charge is 0.362 e. The lowest BCUT2D eigenvalue weighted by molar-refractivity contribution is -0.115. The van der Waals surface area contributed by atoms with Crippen LogP contribution in [0, 0.1) is 13.8 Å². The zero-order chi connectivity index (χ0) is 18.8. The van der Waals surface area contributed by atoms with Crippen LogP contribution < -0.4 is 10.2 Å². The topological polar surface area (TPSA) is 45.2 Å². The minimum Gasteiger partial charge on any atom is -0.362 e. The van der Waals surface area contributed by atoms with E-state index < -0.39 is 0 Å². The van der Waals surface area contributed by atoms with Gasteiger partial charge in [0.05, 0.1) is 12.2 Å².